The van der Waals surface area contributed by atoms with Gasteiger partial charge in [0.15, 0.2) is 5.13 Å². The monoisotopic (exact) mass is 401 g/mol. The van der Waals surface area contributed by atoms with Crippen LogP contribution in [0.25, 0.3) is 0 Å². The molecule has 0 aliphatic heterocycles. The Kier molecular flexibility index (Phi) is 6.00. The number of hydrogen-bond acceptors (Lipinski definition) is 5. The highest BCUT2D eigenvalue weighted by molar-refractivity contribution is 7.89. The number of anilines is 1. The SMILES string of the molecule is Cc1ccc(S(=O)(=O)NC(CC(=O)Nc2nccs2)c2ccccc2)cc1. The van der Waals surface area contributed by atoms with Crippen LogP contribution in [-0.4, -0.2) is 19.3 Å². The first-order valence-electron chi connectivity index (χ1n) is 8.27. The first-order chi connectivity index (χ1) is 12.9. The second-order valence-corrected chi connectivity index (χ2v) is 8.60. The van der Waals surface area contributed by atoms with E-state index in [4.69, 9.17) is 0 Å². The van der Waals surface area contributed by atoms with Crippen LogP contribution in [0.5, 0.6) is 0 Å². The summed E-state index contributed by atoms with van der Waals surface area (Å²) < 4.78 is 28.2. The Morgan fingerprint density at radius 2 is 1.81 bits per heavy atom. The van der Waals surface area contributed by atoms with Gasteiger partial charge >= 0.3 is 0 Å². The molecule has 6 nitrogen and oxygen atoms in total. The van der Waals surface area contributed by atoms with Crippen LogP contribution in [0.3, 0.4) is 0 Å². The number of aryl methyl sites for hydroxylation is 1. The molecule has 0 spiro atoms. The van der Waals surface area contributed by atoms with Gasteiger partial charge in [-0.15, -0.1) is 11.3 Å². The summed E-state index contributed by atoms with van der Waals surface area (Å²) in [7, 11) is -3.78. The fourth-order valence-corrected chi connectivity index (χ4v) is 4.30. The number of nitrogens with one attached hydrogen (secondary N) is 2. The van der Waals surface area contributed by atoms with Crippen LogP contribution >= 0.6 is 11.3 Å². The van der Waals surface area contributed by atoms with Gasteiger partial charge in [-0.05, 0) is 24.6 Å². The van der Waals surface area contributed by atoms with Crippen LogP contribution < -0.4 is 10.0 Å². The zero-order valence-electron chi connectivity index (χ0n) is 14.6. The maximum absolute atomic E-state index is 12.8. The minimum Gasteiger partial charge on any atom is -0.302 e. The average molecular weight is 402 g/mol. The molecular formula is C19H19N3O3S2. The summed E-state index contributed by atoms with van der Waals surface area (Å²) in [5.74, 6) is -0.314. The van der Waals surface area contributed by atoms with E-state index in [-0.39, 0.29) is 17.2 Å². The van der Waals surface area contributed by atoms with E-state index < -0.39 is 16.1 Å². The highest BCUT2D eigenvalue weighted by Gasteiger charge is 2.24. The molecule has 2 N–H and O–H groups in total. The minimum absolute atomic E-state index is 0.0469. The first kappa shape index (κ1) is 19.2. The maximum atomic E-state index is 12.8. The molecule has 140 valence electrons. The summed E-state index contributed by atoms with van der Waals surface area (Å²) in [6, 6.07) is 14.9. The van der Waals surface area contributed by atoms with Crippen molar-refractivity contribution in [2.45, 2.75) is 24.3 Å². The van der Waals surface area contributed by atoms with E-state index in [0.717, 1.165) is 5.56 Å². The Bertz CT molecular complexity index is 986. The molecule has 1 amide bonds. The van der Waals surface area contributed by atoms with Gasteiger partial charge in [-0.3, -0.25) is 4.79 Å². The van der Waals surface area contributed by atoms with Crippen LogP contribution in [-0.2, 0) is 14.8 Å². The Balaban J connectivity index is 1.81. The van der Waals surface area contributed by atoms with Crippen molar-refractivity contribution < 1.29 is 13.2 Å². The molecule has 1 unspecified atom stereocenters. The number of sulfonamides is 1. The molecule has 1 aromatic heterocycles. The molecule has 3 rings (SSSR count). The van der Waals surface area contributed by atoms with Crippen molar-refractivity contribution in [1.29, 1.82) is 0 Å². The molecule has 0 bridgehead atoms. The summed E-state index contributed by atoms with van der Waals surface area (Å²) in [6.07, 6.45) is 1.55. The molecule has 0 fully saturated rings. The lowest BCUT2D eigenvalue weighted by Gasteiger charge is -2.19. The van der Waals surface area contributed by atoms with E-state index in [1.54, 1.807) is 60.1 Å². The van der Waals surface area contributed by atoms with Gasteiger partial charge in [0, 0.05) is 18.0 Å². The predicted molar refractivity (Wildman–Crippen MR) is 106 cm³/mol. The van der Waals surface area contributed by atoms with E-state index >= 15 is 0 Å². The molecule has 27 heavy (non-hydrogen) atoms. The predicted octanol–water partition coefficient (Wildman–Crippen LogP) is 3.50. The molecular weight excluding hydrogens is 382 g/mol. The Morgan fingerprint density at radius 1 is 1.11 bits per heavy atom. The average Bonchev–Trinajstić information content (AvgIpc) is 3.15. The lowest BCUT2D eigenvalue weighted by molar-refractivity contribution is -0.116. The third kappa shape index (κ3) is 5.22. The van der Waals surface area contributed by atoms with Gasteiger partial charge in [-0.1, -0.05) is 48.0 Å². The summed E-state index contributed by atoms with van der Waals surface area (Å²) in [5, 5.41) is 4.92. The van der Waals surface area contributed by atoms with E-state index in [1.807, 2.05) is 13.0 Å². The van der Waals surface area contributed by atoms with Crippen molar-refractivity contribution in [2.24, 2.45) is 0 Å². The number of carbonyl (C=O) groups is 1. The first-order valence-corrected chi connectivity index (χ1v) is 10.6. The quantitative estimate of drug-likeness (QED) is 0.634. The molecule has 1 heterocycles. The Labute approximate surface area is 162 Å². The van der Waals surface area contributed by atoms with Crippen molar-refractivity contribution >= 4 is 32.4 Å². The van der Waals surface area contributed by atoms with Crippen molar-refractivity contribution in [1.82, 2.24) is 9.71 Å². The Morgan fingerprint density at radius 3 is 2.44 bits per heavy atom. The van der Waals surface area contributed by atoms with E-state index in [0.29, 0.717) is 10.7 Å². The lowest BCUT2D eigenvalue weighted by Crippen LogP contribution is -2.31. The molecule has 0 aliphatic carbocycles. The Hall–Kier alpha value is -2.55. The van der Waals surface area contributed by atoms with Gasteiger partial charge in [0.1, 0.15) is 0 Å². The van der Waals surface area contributed by atoms with Gasteiger partial charge in [-0.2, -0.15) is 0 Å². The molecule has 0 saturated carbocycles. The van der Waals surface area contributed by atoms with E-state index in [9.17, 15) is 13.2 Å². The van der Waals surface area contributed by atoms with E-state index in [1.165, 1.54) is 11.3 Å². The van der Waals surface area contributed by atoms with Crippen LogP contribution in [0.1, 0.15) is 23.6 Å². The number of benzene rings is 2. The fraction of sp³-hybridized carbons (Fsp3) is 0.158. The number of hydrogen-bond donors (Lipinski definition) is 2. The molecule has 0 saturated heterocycles. The second kappa shape index (κ2) is 8.43. The van der Waals surface area contributed by atoms with Crippen LogP contribution in [0, 0.1) is 6.92 Å². The van der Waals surface area contributed by atoms with Crippen LogP contribution in [0.15, 0.2) is 71.1 Å². The molecule has 3 aromatic rings. The third-order valence-corrected chi connectivity index (χ3v) is 6.07. The van der Waals surface area contributed by atoms with Crippen molar-refractivity contribution in [3.8, 4) is 0 Å². The third-order valence-electron chi connectivity index (χ3n) is 3.90. The van der Waals surface area contributed by atoms with Crippen molar-refractivity contribution in [3.63, 3.8) is 0 Å². The van der Waals surface area contributed by atoms with E-state index in [2.05, 4.69) is 15.0 Å². The summed E-state index contributed by atoms with van der Waals surface area (Å²) in [5.41, 5.74) is 1.68. The standard InChI is InChI=1S/C19H19N3O3S2/c1-14-7-9-16(10-8-14)27(24,25)22-17(15-5-3-2-4-6-15)13-18(23)21-19-20-11-12-26-19/h2-12,17,22H,13H2,1H3,(H,20,21,23). The zero-order chi connectivity index (χ0) is 19.3. The van der Waals surface area contributed by atoms with Crippen molar-refractivity contribution in [2.75, 3.05) is 5.32 Å². The summed E-state index contributed by atoms with van der Waals surface area (Å²) >= 11 is 1.30. The number of carbonyl (C=O) groups excluding carboxylic acids is 1. The second-order valence-electron chi connectivity index (χ2n) is 5.99. The highest BCUT2D eigenvalue weighted by atomic mass is 32.2. The number of thiazole rings is 1. The molecule has 8 heteroatoms. The molecule has 2 aromatic carbocycles. The van der Waals surface area contributed by atoms with Gasteiger partial charge in [-0.25, -0.2) is 18.1 Å². The highest BCUT2D eigenvalue weighted by Crippen LogP contribution is 2.22. The van der Waals surface area contributed by atoms with Gasteiger partial charge < -0.3 is 5.32 Å². The van der Waals surface area contributed by atoms with Gasteiger partial charge in [0.25, 0.3) is 0 Å². The maximum Gasteiger partial charge on any atom is 0.241 e. The molecule has 0 aliphatic rings. The molecule has 0 radical (unpaired) electrons. The zero-order valence-corrected chi connectivity index (χ0v) is 16.3. The summed E-state index contributed by atoms with van der Waals surface area (Å²) in [6.45, 7) is 1.89. The summed E-state index contributed by atoms with van der Waals surface area (Å²) in [4.78, 5) is 16.6. The van der Waals surface area contributed by atoms with Crippen molar-refractivity contribution in [3.05, 3.63) is 77.3 Å². The fourth-order valence-electron chi connectivity index (χ4n) is 2.53. The lowest BCUT2D eigenvalue weighted by atomic mass is 10.0. The van der Waals surface area contributed by atoms with Gasteiger partial charge in [0.2, 0.25) is 15.9 Å². The van der Waals surface area contributed by atoms with Crippen LogP contribution in [0.2, 0.25) is 0 Å². The minimum atomic E-state index is -3.78. The van der Waals surface area contributed by atoms with Crippen LogP contribution in [0.4, 0.5) is 5.13 Å². The topological polar surface area (TPSA) is 88.2 Å². The van der Waals surface area contributed by atoms with Gasteiger partial charge in [0.05, 0.1) is 10.9 Å². The number of nitrogens with zero attached hydrogens (tertiary/aromatic N) is 1. The number of aromatic nitrogens is 1. The largest absolute Gasteiger partial charge is 0.302 e. The number of rotatable bonds is 7. The molecule has 1 atom stereocenters. The number of amides is 1. The smallest absolute Gasteiger partial charge is 0.241 e. The normalized spacial score (nSPS) is 12.5.